The van der Waals surface area contributed by atoms with E-state index in [9.17, 15) is 14.7 Å². The summed E-state index contributed by atoms with van der Waals surface area (Å²) in [5, 5.41) is 9.34. The minimum absolute atomic E-state index is 0.0977. The maximum Gasteiger partial charge on any atom is 0.337 e. The van der Waals surface area contributed by atoms with E-state index in [1.54, 1.807) is 22.8 Å². The molecule has 2 unspecified atom stereocenters. The van der Waals surface area contributed by atoms with Crippen LogP contribution in [0, 0.1) is 5.92 Å². The minimum atomic E-state index is -0.993. The molecule has 0 radical (unpaired) electrons. The van der Waals surface area contributed by atoms with E-state index in [4.69, 9.17) is 0 Å². The second-order valence-electron chi connectivity index (χ2n) is 5.73. The zero-order valence-electron chi connectivity index (χ0n) is 11.4. The number of nitrogens with one attached hydrogen (secondary N) is 1. The molecule has 1 aromatic carbocycles. The lowest BCUT2D eigenvalue weighted by atomic mass is 9.87. The second kappa shape index (κ2) is 4.81. The lowest BCUT2D eigenvalue weighted by Gasteiger charge is -2.27. The Morgan fingerprint density at radius 2 is 2.20 bits per heavy atom. The van der Waals surface area contributed by atoms with Crippen molar-refractivity contribution in [3.8, 4) is 0 Å². The van der Waals surface area contributed by atoms with E-state index in [1.165, 1.54) is 6.42 Å². The highest BCUT2D eigenvalue weighted by Crippen LogP contribution is 2.33. The highest BCUT2D eigenvalue weighted by molar-refractivity contribution is 6.01. The van der Waals surface area contributed by atoms with Crippen molar-refractivity contribution in [1.29, 1.82) is 0 Å². The maximum atomic E-state index is 12.2. The summed E-state index contributed by atoms with van der Waals surface area (Å²) >= 11 is 0. The van der Waals surface area contributed by atoms with Crippen LogP contribution in [0.4, 0.5) is 0 Å². The molecule has 2 N–H and O–H groups in total. The quantitative estimate of drug-likeness (QED) is 0.884. The van der Waals surface area contributed by atoms with Gasteiger partial charge in [-0.3, -0.25) is 4.57 Å². The van der Waals surface area contributed by atoms with Crippen LogP contribution in [0.3, 0.4) is 0 Å². The van der Waals surface area contributed by atoms with Gasteiger partial charge in [-0.2, -0.15) is 0 Å². The number of carbonyl (C=O) groups is 1. The van der Waals surface area contributed by atoms with Crippen LogP contribution in [0.2, 0.25) is 0 Å². The van der Waals surface area contributed by atoms with Crippen LogP contribution in [0.1, 0.15) is 49.0 Å². The van der Waals surface area contributed by atoms with Crippen molar-refractivity contribution in [3.63, 3.8) is 0 Å². The van der Waals surface area contributed by atoms with Gasteiger partial charge >= 0.3 is 11.7 Å². The van der Waals surface area contributed by atoms with Crippen LogP contribution < -0.4 is 5.69 Å². The number of rotatable bonds is 2. The van der Waals surface area contributed by atoms with Crippen LogP contribution in [0.25, 0.3) is 11.0 Å². The van der Waals surface area contributed by atoms with E-state index in [0.717, 1.165) is 19.3 Å². The Morgan fingerprint density at radius 1 is 1.40 bits per heavy atom. The third-order valence-electron chi connectivity index (χ3n) is 4.24. The van der Waals surface area contributed by atoms with Crippen LogP contribution in [0.5, 0.6) is 0 Å². The van der Waals surface area contributed by atoms with Gasteiger partial charge in [0, 0.05) is 6.04 Å². The molecule has 5 heteroatoms. The molecule has 106 valence electrons. The topological polar surface area (TPSA) is 75.1 Å². The number of para-hydroxylation sites is 1. The standard InChI is InChI=1S/C15H18N2O3/c1-9-4-2-5-10(8-9)17-13-11(14(18)19)6-3-7-12(13)16-15(17)20/h3,6-7,9-10H,2,4-5,8H2,1H3,(H,16,20)(H,18,19). The van der Waals surface area contributed by atoms with Gasteiger partial charge in [0.05, 0.1) is 16.6 Å². The van der Waals surface area contributed by atoms with Gasteiger partial charge in [0.15, 0.2) is 0 Å². The van der Waals surface area contributed by atoms with Gasteiger partial charge in [0.25, 0.3) is 0 Å². The summed E-state index contributed by atoms with van der Waals surface area (Å²) in [5.74, 6) is -0.421. The van der Waals surface area contributed by atoms with Gasteiger partial charge in [-0.25, -0.2) is 9.59 Å². The Kier molecular flexibility index (Phi) is 3.12. The molecule has 1 aliphatic carbocycles. The molecule has 0 saturated heterocycles. The molecular weight excluding hydrogens is 256 g/mol. The fourth-order valence-corrected chi connectivity index (χ4v) is 3.34. The first-order chi connectivity index (χ1) is 9.58. The number of hydrogen-bond acceptors (Lipinski definition) is 2. The lowest BCUT2D eigenvalue weighted by molar-refractivity contribution is 0.0698. The molecule has 0 aliphatic heterocycles. The van der Waals surface area contributed by atoms with Crippen molar-refractivity contribution < 1.29 is 9.90 Å². The average Bonchev–Trinajstić information content (AvgIpc) is 2.74. The molecule has 1 saturated carbocycles. The lowest BCUT2D eigenvalue weighted by Crippen LogP contribution is -2.26. The number of hydrogen-bond donors (Lipinski definition) is 2. The average molecular weight is 274 g/mol. The van der Waals surface area contributed by atoms with E-state index < -0.39 is 5.97 Å². The molecule has 0 spiro atoms. The molecular formula is C15H18N2O3. The van der Waals surface area contributed by atoms with Crippen molar-refractivity contribution in [2.75, 3.05) is 0 Å². The predicted molar refractivity (Wildman–Crippen MR) is 76.2 cm³/mol. The molecule has 1 aromatic heterocycles. The Morgan fingerprint density at radius 3 is 2.90 bits per heavy atom. The smallest absolute Gasteiger partial charge is 0.337 e. The molecule has 2 atom stereocenters. The van der Waals surface area contributed by atoms with Gasteiger partial charge in [0.2, 0.25) is 0 Å². The van der Waals surface area contributed by atoms with E-state index in [-0.39, 0.29) is 17.3 Å². The summed E-state index contributed by atoms with van der Waals surface area (Å²) in [6, 6.07) is 5.07. The number of aromatic nitrogens is 2. The summed E-state index contributed by atoms with van der Waals surface area (Å²) < 4.78 is 1.66. The molecule has 20 heavy (non-hydrogen) atoms. The first-order valence-corrected chi connectivity index (χ1v) is 7.04. The van der Waals surface area contributed by atoms with E-state index in [2.05, 4.69) is 11.9 Å². The number of aromatic amines is 1. The fourth-order valence-electron chi connectivity index (χ4n) is 3.34. The number of nitrogens with zero attached hydrogens (tertiary/aromatic N) is 1. The first-order valence-electron chi connectivity index (χ1n) is 7.04. The van der Waals surface area contributed by atoms with E-state index in [0.29, 0.717) is 17.0 Å². The van der Waals surface area contributed by atoms with E-state index in [1.807, 2.05) is 0 Å². The number of fused-ring (bicyclic) bond motifs is 1. The molecule has 1 aliphatic rings. The number of H-pyrrole nitrogens is 1. The number of carboxylic acids is 1. The van der Waals surface area contributed by atoms with Crippen molar-refractivity contribution in [2.24, 2.45) is 5.92 Å². The van der Waals surface area contributed by atoms with E-state index >= 15 is 0 Å². The maximum absolute atomic E-state index is 12.2. The van der Waals surface area contributed by atoms with Crippen LogP contribution >= 0.6 is 0 Å². The van der Waals surface area contributed by atoms with Crippen molar-refractivity contribution in [3.05, 3.63) is 34.2 Å². The number of imidazole rings is 1. The summed E-state index contributed by atoms with van der Waals surface area (Å²) in [5.41, 5.74) is 1.13. The Bertz CT molecular complexity index is 713. The summed E-state index contributed by atoms with van der Waals surface area (Å²) in [7, 11) is 0. The minimum Gasteiger partial charge on any atom is -0.478 e. The monoisotopic (exact) mass is 274 g/mol. The fraction of sp³-hybridized carbons (Fsp3) is 0.467. The zero-order valence-corrected chi connectivity index (χ0v) is 11.4. The molecule has 1 fully saturated rings. The predicted octanol–water partition coefficient (Wildman–Crippen LogP) is 2.78. The summed E-state index contributed by atoms with van der Waals surface area (Å²) in [6.07, 6.45) is 4.13. The number of aromatic carboxylic acids is 1. The van der Waals surface area contributed by atoms with Gasteiger partial charge in [-0.15, -0.1) is 0 Å². The van der Waals surface area contributed by atoms with Crippen molar-refractivity contribution in [1.82, 2.24) is 9.55 Å². The van der Waals surface area contributed by atoms with Crippen molar-refractivity contribution in [2.45, 2.75) is 38.6 Å². The Balaban J connectivity index is 2.21. The highest BCUT2D eigenvalue weighted by atomic mass is 16.4. The Hall–Kier alpha value is -2.04. The molecule has 2 aromatic rings. The van der Waals surface area contributed by atoms with Gasteiger partial charge < -0.3 is 10.1 Å². The second-order valence-corrected chi connectivity index (χ2v) is 5.73. The SMILES string of the molecule is CC1CCCC(n2c(=O)[nH]c3cccc(C(=O)O)c32)C1. The third kappa shape index (κ3) is 2.03. The zero-order chi connectivity index (χ0) is 14.3. The third-order valence-corrected chi connectivity index (χ3v) is 4.24. The highest BCUT2D eigenvalue weighted by Gasteiger charge is 2.25. The number of carboxylic acid groups (broad SMARTS) is 1. The molecule has 5 nitrogen and oxygen atoms in total. The van der Waals surface area contributed by atoms with Crippen LogP contribution in [0.15, 0.2) is 23.0 Å². The van der Waals surface area contributed by atoms with Gasteiger partial charge in [-0.05, 0) is 30.9 Å². The first kappa shape index (κ1) is 13.0. The largest absolute Gasteiger partial charge is 0.478 e. The normalized spacial score (nSPS) is 23.1. The van der Waals surface area contributed by atoms with Crippen LogP contribution in [-0.4, -0.2) is 20.6 Å². The molecule has 1 heterocycles. The van der Waals surface area contributed by atoms with Crippen molar-refractivity contribution >= 4 is 17.0 Å². The molecule has 3 rings (SSSR count). The summed E-state index contributed by atoms with van der Waals surface area (Å²) in [4.78, 5) is 26.4. The van der Waals surface area contributed by atoms with Crippen LogP contribution in [-0.2, 0) is 0 Å². The molecule has 0 amide bonds. The molecule has 0 bridgehead atoms. The van der Waals surface area contributed by atoms with Gasteiger partial charge in [-0.1, -0.05) is 25.8 Å². The van der Waals surface area contributed by atoms with Gasteiger partial charge in [0.1, 0.15) is 0 Å². The number of benzene rings is 1. The Labute approximate surface area is 116 Å². The summed E-state index contributed by atoms with van der Waals surface area (Å²) in [6.45, 7) is 2.18.